The molecule has 106 valence electrons. The molecular weight excluding hydrogens is 264 g/mol. The fourth-order valence-electron chi connectivity index (χ4n) is 2.63. The Morgan fingerprint density at radius 3 is 3.05 bits per heavy atom. The monoisotopic (exact) mass is 280 g/mol. The summed E-state index contributed by atoms with van der Waals surface area (Å²) < 4.78 is 5.36. The fourth-order valence-corrected chi connectivity index (χ4v) is 2.63. The summed E-state index contributed by atoms with van der Waals surface area (Å²) in [7, 11) is 0. The van der Waals surface area contributed by atoms with Gasteiger partial charge in [0.05, 0.1) is 24.6 Å². The first kappa shape index (κ1) is 12.3. The molecule has 0 unspecified atom stereocenters. The molecule has 0 spiro atoms. The second kappa shape index (κ2) is 5.18. The standard InChI is InChI=1S/C16H16N4O/c1-2-12-10-18-16-14(20-15(12)17-7-1)4-3-13(19-16)11-5-8-21-9-6-11/h1-5,7H,6,8-10H2,(H,17,20)(H,18,19). The summed E-state index contributed by atoms with van der Waals surface area (Å²) in [6, 6.07) is 8.13. The van der Waals surface area contributed by atoms with Crippen molar-refractivity contribution < 1.29 is 4.74 Å². The van der Waals surface area contributed by atoms with Crippen molar-refractivity contribution in [1.29, 1.82) is 0 Å². The number of hydrogen-bond donors (Lipinski definition) is 2. The first-order valence-corrected chi connectivity index (χ1v) is 7.13. The van der Waals surface area contributed by atoms with Crippen LogP contribution in [0.1, 0.15) is 17.7 Å². The van der Waals surface area contributed by atoms with Gasteiger partial charge in [-0.1, -0.05) is 12.1 Å². The normalized spacial score (nSPS) is 16.7. The Kier molecular flexibility index (Phi) is 3.05. The molecule has 2 aromatic heterocycles. The Hall–Kier alpha value is -2.40. The van der Waals surface area contributed by atoms with E-state index in [1.165, 1.54) is 5.57 Å². The minimum Gasteiger partial charge on any atom is -0.377 e. The number of anilines is 3. The van der Waals surface area contributed by atoms with Crippen molar-refractivity contribution in [3.05, 3.63) is 47.8 Å². The van der Waals surface area contributed by atoms with E-state index in [1.54, 1.807) is 6.20 Å². The molecule has 0 saturated heterocycles. The highest BCUT2D eigenvalue weighted by molar-refractivity contribution is 5.76. The van der Waals surface area contributed by atoms with E-state index >= 15 is 0 Å². The third-order valence-corrected chi connectivity index (χ3v) is 3.78. The van der Waals surface area contributed by atoms with Crippen LogP contribution in [0, 0.1) is 0 Å². The maximum atomic E-state index is 5.36. The highest BCUT2D eigenvalue weighted by Gasteiger charge is 2.16. The van der Waals surface area contributed by atoms with E-state index in [4.69, 9.17) is 9.72 Å². The third-order valence-electron chi connectivity index (χ3n) is 3.78. The molecule has 4 heterocycles. The number of nitrogens with zero attached hydrogens (tertiary/aromatic N) is 2. The quantitative estimate of drug-likeness (QED) is 0.841. The summed E-state index contributed by atoms with van der Waals surface area (Å²) >= 11 is 0. The molecule has 5 nitrogen and oxygen atoms in total. The fraction of sp³-hybridized carbons (Fsp3) is 0.250. The summed E-state index contributed by atoms with van der Waals surface area (Å²) in [6.07, 6.45) is 4.82. The maximum Gasteiger partial charge on any atom is 0.150 e. The van der Waals surface area contributed by atoms with Gasteiger partial charge in [0.1, 0.15) is 5.82 Å². The van der Waals surface area contributed by atoms with Crippen LogP contribution in [0.15, 0.2) is 36.5 Å². The smallest absolute Gasteiger partial charge is 0.150 e. The van der Waals surface area contributed by atoms with Gasteiger partial charge in [-0.05, 0) is 30.2 Å². The van der Waals surface area contributed by atoms with E-state index < -0.39 is 0 Å². The van der Waals surface area contributed by atoms with Gasteiger partial charge < -0.3 is 15.4 Å². The van der Waals surface area contributed by atoms with Crippen LogP contribution in [0.5, 0.6) is 0 Å². The van der Waals surface area contributed by atoms with Crippen LogP contribution in [-0.2, 0) is 11.3 Å². The van der Waals surface area contributed by atoms with Gasteiger partial charge in [-0.25, -0.2) is 9.97 Å². The van der Waals surface area contributed by atoms with Crippen molar-refractivity contribution >= 4 is 22.9 Å². The van der Waals surface area contributed by atoms with E-state index in [0.717, 1.165) is 48.2 Å². The van der Waals surface area contributed by atoms with E-state index in [1.807, 2.05) is 6.07 Å². The molecule has 0 fully saturated rings. The Labute approximate surface area is 123 Å². The molecule has 4 rings (SSSR count). The van der Waals surface area contributed by atoms with Crippen LogP contribution in [0.4, 0.5) is 17.3 Å². The molecule has 5 heteroatoms. The zero-order valence-electron chi connectivity index (χ0n) is 11.6. The predicted molar refractivity (Wildman–Crippen MR) is 82.5 cm³/mol. The number of nitrogens with one attached hydrogen (secondary N) is 2. The zero-order chi connectivity index (χ0) is 14.1. The topological polar surface area (TPSA) is 59.1 Å². The van der Waals surface area contributed by atoms with Gasteiger partial charge >= 0.3 is 0 Å². The van der Waals surface area contributed by atoms with Crippen LogP contribution in [0.3, 0.4) is 0 Å². The van der Waals surface area contributed by atoms with Gasteiger partial charge in [-0.2, -0.15) is 0 Å². The van der Waals surface area contributed by atoms with Crippen LogP contribution >= 0.6 is 0 Å². The van der Waals surface area contributed by atoms with Gasteiger partial charge in [-0.15, -0.1) is 0 Å². The van der Waals surface area contributed by atoms with E-state index in [-0.39, 0.29) is 0 Å². The number of rotatable bonds is 1. The largest absolute Gasteiger partial charge is 0.377 e. The second-order valence-electron chi connectivity index (χ2n) is 5.14. The molecule has 2 N–H and O–H groups in total. The van der Waals surface area contributed by atoms with Crippen LogP contribution < -0.4 is 10.6 Å². The van der Waals surface area contributed by atoms with Crippen molar-refractivity contribution in [2.24, 2.45) is 0 Å². The molecule has 2 aliphatic heterocycles. The summed E-state index contributed by atoms with van der Waals surface area (Å²) in [5, 5.41) is 6.74. The van der Waals surface area contributed by atoms with Crippen LogP contribution in [-0.4, -0.2) is 23.2 Å². The Bertz CT molecular complexity index is 711. The molecule has 0 saturated carbocycles. The van der Waals surface area contributed by atoms with Gasteiger partial charge in [0.15, 0.2) is 5.82 Å². The average molecular weight is 280 g/mol. The van der Waals surface area contributed by atoms with Crippen LogP contribution in [0.2, 0.25) is 0 Å². The van der Waals surface area contributed by atoms with Crippen molar-refractivity contribution in [3.63, 3.8) is 0 Å². The summed E-state index contributed by atoms with van der Waals surface area (Å²) in [4.78, 5) is 9.14. The summed E-state index contributed by atoms with van der Waals surface area (Å²) in [5.74, 6) is 1.77. The zero-order valence-corrected chi connectivity index (χ0v) is 11.6. The molecule has 2 aliphatic rings. The SMILES string of the molecule is C1=C(c2ccc3c(n2)NCc2cccnc2N3)CCOC1. The lowest BCUT2D eigenvalue weighted by atomic mass is 10.1. The number of fused-ring (bicyclic) bond motifs is 2. The molecule has 2 aromatic rings. The minimum atomic E-state index is 0.676. The molecule has 0 radical (unpaired) electrons. The third kappa shape index (κ3) is 2.36. The lowest BCUT2D eigenvalue weighted by molar-refractivity contribution is 0.161. The van der Waals surface area contributed by atoms with Gasteiger partial charge in [0.25, 0.3) is 0 Å². The van der Waals surface area contributed by atoms with Crippen molar-refractivity contribution in [3.8, 4) is 0 Å². The number of pyridine rings is 2. The van der Waals surface area contributed by atoms with Crippen LogP contribution in [0.25, 0.3) is 5.57 Å². The Balaban J connectivity index is 1.69. The highest BCUT2D eigenvalue weighted by Crippen LogP contribution is 2.31. The van der Waals surface area contributed by atoms with E-state index in [0.29, 0.717) is 6.61 Å². The molecule has 0 aliphatic carbocycles. The minimum absolute atomic E-state index is 0.676. The lowest BCUT2D eigenvalue weighted by Gasteiger charge is -2.15. The second-order valence-corrected chi connectivity index (χ2v) is 5.14. The molecule has 0 atom stereocenters. The van der Waals surface area contributed by atoms with E-state index in [2.05, 4.69) is 39.9 Å². The molecule has 0 bridgehead atoms. The Morgan fingerprint density at radius 1 is 1.14 bits per heavy atom. The molecular formula is C16H16N4O. The van der Waals surface area contributed by atoms with Crippen molar-refractivity contribution in [1.82, 2.24) is 9.97 Å². The van der Waals surface area contributed by atoms with Crippen molar-refractivity contribution in [2.75, 3.05) is 23.8 Å². The highest BCUT2D eigenvalue weighted by atomic mass is 16.5. The number of aromatic nitrogens is 2. The molecule has 0 amide bonds. The summed E-state index contributed by atoms with van der Waals surface area (Å²) in [6.45, 7) is 2.17. The lowest BCUT2D eigenvalue weighted by Crippen LogP contribution is -2.06. The van der Waals surface area contributed by atoms with Gasteiger partial charge in [0.2, 0.25) is 0 Å². The number of hydrogen-bond acceptors (Lipinski definition) is 5. The van der Waals surface area contributed by atoms with Crippen molar-refractivity contribution in [2.45, 2.75) is 13.0 Å². The molecule has 0 aromatic carbocycles. The Morgan fingerprint density at radius 2 is 2.14 bits per heavy atom. The van der Waals surface area contributed by atoms with Gasteiger partial charge in [-0.3, -0.25) is 0 Å². The number of ether oxygens (including phenoxy) is 1. The maximum absolute atomic E-state index is 5.36. The van der Waals surface area contributed by atoms with E-state index in [9.17, 15) is 0 Å². The van der Waals surface area contributed by atoms with Gasteiger partial charge in [0, 0.05) is 18.3 Å². The average Bonchev–Trinajstić information content (AvgIpc) is 2.74. The summed E-state index contributed by atoms with van der Waals surface area (Å²) in [5.41, 5.74) is 4.38. The molecule has 21 heavy (non-hydrogen) atoms. The first-order chi connectivity index (χ1) is 10.4. The first-order valence-electron chi connectivity index (χ1n) is 7.13. The predicted octanol–water partition coefficient (Wildman–Crippen LogP) is 2.95.